The van der Waals surface area contributed by atoms with Crippen LogP contribution in [0, 0.1) is 5.82 Å². The maximum absolute atomic E-state index is 13.2. The molecule has 1 aromatic carbocycles. The molecule has 0 aliphatic carbocycles. The van der Waals surface area contributed by atoms with Crippen LogP contribution in [0.5, 0.6) is 0 Å². The second-order valence-electron chi connectivity index (χ2n) is 4.81. The van der Waals surface area contributed by atoms with E-state index in [0.29, 0.717) is 13.0 Å². The number of nitrogens with one attached hydrogen (secondary N) is 1. The van der Waals surface area contributed by atoms with Gasteiger partial charge in [-0.25, -0.2) is 12.8 Å². The second-order valence-corrected chi connectivity index (χ2v) is 6.70. The zero-order chi connectivity index (χ0) is 13.6. The fourth-order valence-corrected chi connectivity index (χ4v) is 4.46. The number of carbonyl (C=O) groups excluding carboxylic acids is 1. The summed E-state index contributed by atoms with van der Waals surface area (Å²) in [7, 11) is -3.74. The van der Waals surface area contributed by atoms with Gasteiger partial charge in [0, 0.05) is 19.0 Å². The Morgan fingerprint density at radius 1 is 1.37 bits per heavy atom. The first-order chi connectivity index (χ1) is 8.98. The Bertz CT molecular complexity index is 632. The number of amides is 1. The molecule has 3 rings (SSSR count). The van der Waals surface area contributed by atoms with Gasteiger partial charge in [0.15, 0.2) is 0 Å². The van der Waals surface area contributed by atoms with E-state index in [1.807, 2.05) is 0 Å². The van der Waals surface area contributed by atoms with Crippen LogP contribution in [0.3, 0.4) is 0 Å². The standard InChI is InChI=1S/C12H13FN2O3S/c13-8-2-1-3-9(6-8)19(17,18)15-5-4-10-11(15)7-12(16)14-10/h1-3,6,10-11H,4-5,7H2,(H,14,16)/t10-,11-/m0/s1. The van der Waals surface area contributed by atoms with Gasteiger partial charge in [-0.1, -0.05) is 6.07 Å². The van der Waals surface area contributed by atoms with Crippen LogP contribution in [0.15, 0.2) is 29.2 Å². The van der Waals surface area contributed by atoms with Crippen molar-refractivity contribution in [3.8, 4) is 0 Å². The lowest BCUT2D eigenvalue weighted by Crippen LogP contribution is -2.38. The Balaban J connectivity index is 1.95. The third-order valence-electron chi connectivity index (χ3n) is 3.64. The van der Waals surface area contributed by atoms with Gasteiger partial charge in [0.05, 0.1) is 10.9 Å². The SMILES string of the molecule is O=C1C[C@H]2[C@H](CCN2S(=O)(=O)c2cccc(F)c2)N1. The van der Waals surface area contributed by atoms with Crippen molar-refractivity contribution in [1.82, 2.24) is 9.62 Å². The molecule has 2 aliphatic rings. The summed E-state index contributed by atoms with van der Waals surface area (Å²) in [6.07, 6.45) is 0.782. The van der Waals surface area contributed by atoms with Gasteiger partial charge >= 0.3 is 0 Å². The number of carbonyl (C=O) groups is 1. The molecule has 0 radical (unpaired) electrons. The van der Waals surface area contributed by atoms with Gasteiger partial charge in [0.2, 0.25) is 15.9 Å². The summed E-state index contributed by atoms with van der Waals surface area (Å²) in [5.74, 6) is -0.716. The molecular weight excluding hydrogens is 271 g/mol. The van der Waals surface area contributed by atoms with E-state index in [9.17, 15) is 17.6 Å². The molecular formula is C12H13FN2O3S. The van der Waals surface area contributed by atoms with Gasteiger partial charge in [0.25, 0.3) is 0 Å². The largest absolute Gasteiger partial charge is 0.352 e. The van der Waals surface area contributed by atoms with Crippen LogP contribution >= 0.6 is 0 Å². The van der Waals surface area contributed by atoms with Gasteiger partial charge in [-0.3, -0.25) is 4.79 Å². The van der Waals surface area contributed by atoms with Crippen molar-refractivity contribution in [2.24, 2.45) is 0 Å². The number of nitrogens with zero attached hydrogens (tertiary/aromatic N) is 1. The van der Waals surface area contributed by atoms with Crippen LogP contribution in [0.25, 0.3) is 0 Å². The van der Waals surface area contributed by atoms with E-state index in [1.165, 1.54) is 22.5 Å². The summed E-state index contributed by atoms with van der Waals surface area (Å²) < 4.78 is 39.4. The molecule has 2 aliphatic heterocycles. The highest BCUT2D eigenvalue weighted by molar-refractivity contribution is 7.89. The maximum Gasteiger partial charge on any atom is 0.243 e. The van der Waals surface area contributed by atoms with Crippen molar-refractivity contribution in [2.75, 3.05) is 6.54 Å². The molecule has 5 nitrogen and oxygen atoms in total. The van der Waals surface area contributed by atoms with Gasteiger partial charge < -0.3 is 5.32 Å². The predicted molar refractivity (Wildman–Crippen MR) is 65.2 cm³/mol. The topological polar surface area (TPSA) is 66.5 Å². The van der Waals surface area contributed by atoms with Gasteiger partial charge in [-0.2, -0.15) is 4.31 Å². The molecule has 2 fully saturated rings. The second kappa shape index (κ2) is 4.28. The minimum atomic E-state index is -3.74. The van der Waals surface area contributed by atoms with Crippen molar-refractivity contribution in [1.29, 1.82) is 0 Å². The maximum atomic E-state index is 13.2. The average Bonchev–Trinajstić information content (AvgIpc) is 2.87. The van der Waals surface area contributed by atoms with E-state index in [4.69, 9.17) is 0 Å². The molecule has 0 spiro atoms. The summed E-state index contributed by atoms with van der Waals surface area (Å²) in [4.78, 5) is 11.3. The van der Waals surface area contributed by atoms with Crippen molar-refractivity contribution < 1.29 is 17.6 Å². The quantitative estimate of drug-likeness (QED) is 0.859. The van der Waals surface area contributed by atoms with E-state index in [1.54, 1.807) is 0 Å². The monoisotopic (exact) mass is 284 g/mol. The number of sulfonamides is 1. The molecule has 2 heterocycles. The van der Waals surface area contributed by atoms with Crippen LogP contribution in [0.1, 0.15) is 12.8 Å². The van der Waals surface area contributed by atoms with Crippen molar-refractivity contribution in [3.63, 3.8) is 0 Å². The van der Waals surface area contributed by atoms with Crippen molar-refractivity contribution in [2.45, 2.75) is 29.8 Å². The Morgan fingerprint density at radius 3 is 2.89 bits per heavy atom. The van der Waals surface area contributed by atoms with E-state index in [0.717, 1.165) is 6.07 Å². The highest BCUT2D eigenvalue weighted by Gasteiger charge is 2.46. The van der Waals surface area contributed by atoms with E-state index < -0.39 is 15.8 Å². The highest BCUT2D eigenvalue weighted by Crippen LogP contribution is 2.31. The number of hydrogen-bond donors (Lipinski definition) is 1. The Labute approximate surface area is 110 Å². The minimum absolute atomic E-state index is 0.0625. The normalized spacial score (nSPS) is 27.3. The number of halogens is 1. The Morgan fingerprint density at radius 2 is 2.16 bits per heavy atom. The molecule has 2 atom stereocenters. The molecule has 19 heavy (non-hydrogen) atoms. The van der Waals surface area contributed by atoms with Crippen molar-refractivity contribution in [3.05, 3.63) is 30.1 Å². The molecule has 0 bridgehead atoms. The third-order valence-corrected chi connectivity index (χ3v) is 5.56. The van der Waals surface area contributed by atoms with E-state index in [2.05, 4.69) is 5.32 Å². The first-order valence-electron chi connectivity index (χ1n) is 6.05. The van der Waals surface area contributed by atoms with Crippen LogP contribution in [-0.4, -0.2) is 37.3 Å². The first-order valence-corrected chi connectivity index (χ1v) is 7.49. The van der Waals surface area contributed by atoms with Crippen LogP contribution in [-0.2, 0) is 14.8 Å². The number of fused-ring (bicyclic) bond motifs is 1. The third kappa shape index (κ3) is 2.02. The fraction of sp³-hybridized carbons (Fsp3) is 0.417. The van der Waals surface area contributed by atoms with E-state index >= 15 is 0 Å². The first kappa shape index (κ1) is 12.6. The minimum Gasteiger partial charge on any atom is -0.352 e. The lowest BCUT2D eigenvalue weighted by atomic mass is 10.1. The van der Waals surface area contributed by atoms with Crippen LogP contribution < -0.4 is 5.32 Å². The van der Waals surface area contributed by atoms with Gasteiger partial charge in [-0.05, 0) is 24.6 Å². The summed E-state index contributed by atoms with van der Waals surface area (Å²) in [5.41, 5.74) is 0. The van der Waals surface area contributed by atoms with E-state index in [-0.39, 0.29) is 29.3 Å². The lowest BCUT2D eigenvalue weighted by molar-refractivity contribution is -0.119. The highest BCUT2D eigenvalue weighted by atomic mass is 32.2. The zero-order valence-corrected chi connectivity index (χ0v) is 10.9. The molecule has 0 aromatic heterocycles. The molecule has 7 heteroatoms. The molecule has 1 aromatic rings. The molecule has 102 valence electrons. The number of hydrogen-bond acceptors (Lipinski definition) is 3. The summed E-state index contributed by atoms with van der Waals surface area (Å²) in [6, 6.07) is 4.49. The smallest absolute Gasteiger partial charge is 0.243 e. The summed E-state index contributed by atoms with van der Waals surface area (Å²) >= 11 is 0. The Hall–Kier alpha value is -1.47. The van der Waals surface area contributed by atoms with Crippen molar-refractivity contribution >= 4 is 15.9 Å². The van der Waals surface area contributed by atoms with Crippen LogP contribution in [0.4, 0.5) is 4.39 Å². The molecule has 2 saturated heterocycles. The lowest BCUT2D eigenvalue weighted by Gasteiger charge is -2.22. The molecule has 1 N–H and O–H groups in total. The molecule has 1 amide bonds. The summed E-state index contributed by atoms with van der Waals surface area (Å²) in [5, 5.41) is 2.76. The zero-order valence-electron chi connectivity index (χ0n) is 10.0. The summed E-state index contributed by atoms with van der Waals surface area (Å²) in [6.45, 7) is 0.356. The number of benzene rings is 1. The predicted octanol–water partition coefficient (Wildman–Crippen LogP) is 0.477. The molecule has 0 unspecified atom stereocenters. The average molecular weight is 284 g/mol. The van der Waals surface area contributed by atoms with Crippen LogP contribution in [0.2, 0.25) is 0 Å². The Kier molecular flexibility index (Phi) is 2.83. The van der Waals surface area contributed by atoms with Gasteiger partial charge in [0.1, 0.15) is 5.82 Å². The molecule has 0 saturated carbocycles. The number of rotatable bonds is 2. The fourth-order valence-electron chi connectivity index (χ4n) is 2.75. The van der Waals surface area contributed by atoms with Gasteiger partial charge in [-0.15, -0.1) is 0 Å².